The molecule has 1 aliphatic rings. The lowest BCUT2D eigenvalue weighted by Crippen LogP contribution is -2.03. The van der Waals surface area contributed by atoms with Crippen LogP contribution in [0.2, 0.25) is 0 Å². The predicted molar refractivity (Wildman–Crippen MR) is 36.5 cm³/mol. The van der Waals surface area contributed by atoms with E-state index in [0.29, 0.717) is 6.54 Å². The number of hydrogen-bond acceptors (Lipinski definition) is 2. The highest BCUT2D eigenvalue weighted by atomic mass is 16.5. The monoisotopic (exact) mass is 123 g/mol. The van der Waals surface area contributed by atoms with Crippen LogP contribution in [-0.4, -0.2) is 6.54 Å². The summed E-state index contributed by atoms with van der Waals surface area (Å²) in [6.45, 7) is 0.453. The molecule has 0 aliphatic carbocycles. The Balaban J connectivity index is 2.62. The fourth-order valence-corrected chi connectivity index (χ4v) is 0.555. The van der Waals surface area contributed by atoms with Crippen LogP contribution in [0.5, 0.6) is 0 Å². The van der Waals surface area contributed by atoms with E-state index in [1.165, 1.54) is 0 Å². The van der Waals surface area contributed by atoms with Crippen molar-refractivity contribution in [2.75, 3.05) is 6.54 Å². The quantitative estimate of drug-likeness (QED) is 0.563. The van der Waals surface area contributed by atoms with Crippen LogP contribution in [0.25, 0.3) is 0 Å². The van der Waals surface area contributed by atoms with E-state index < -0.39 is 0 Å². The summed E-state index contributed by atoms with van der Waals surface area (Å²) in [5, 5.41) is 0. The zero-order valence-electron chi connectivity index (χ0n) is 5.08. The molecule has 0 bridgehead atoms. The summed E-state index contributed by atoms with van der Waals surface area (Å²) in [6.07, 6.45) is 9.07. The number of ether oxygens (including phenoxy) is 1. The maximum Gasteiger partial charge on any atom is 0.117 e. The molecule has 2 heteroatoms. The molecule has 0 atom stereocenters. The predicted octanol–water partition coefficient (Wildman–Crippen LogP) is 0.929. The highest BCUT2D eigenvalue weighted by molar-refractivity contribution is 5.17. The summed E-state index contributed by atoms with van der Waals surface area (Å²) in [7, 11) is 0. The van der Waals surface area contributed by atoms with Gasteiger partial charge < -0.3 is 10.5 Å². The number of rotatable bonds is 1. The van der Waals surface area contributed by atoms with E-state index in [1.807, 2.05) is 24.3 Å². The highest BCUT2D eigenvalue weighted by Gasteiger charge is 1.89. The van der Waals surface area contributed by atoms with Gasteiger partial charge in [-0.2, -0.15) is 0 Å². The van der Waals surface area contributed by atoms with E-state index in [-0.39, 0.29) is 0 Å². The van der Waals surface area contributed by atoms with Gasteiger partial charge in [0.05, 0.1) is 12.8 Å². The van der Waals surface area contributed by atoms with Gasteiger partial charge in [-0.25, -0.2) is 0 Å². The maximum atomic E-state index is 5.31. The summed E-state index contributed by atoms with van der Waals surface area (Å²) >= 11 is 0. The van der Waals surface area contributed by atoms with E-state index in [0.717, 1.165) is 5.76 Å². The first-order valence-corrected chi connectivity index (χ1v) is 2.82. The van der Waals surface area contributed by atoms with Gasteiger partial charge in [-0.1, -0.05) is 12.2 Å². The van der Waals surface area contributed by atoms with Gasteiger partial charge in [0, 0.05) is 0 Å². The topological polar surface area (TPSA) is 35.2 Å². The molecule has 0 saturated heterocycles. The molecule has 0 amide bonds. The first-order chi connectivity index (χ1) is 4.43. The van der Waals surface area contributed by atoms with Crippen molar-refractivity contribution in [3.05, 3.63) is 36.3 Å². The maximum absolute atomic E-state index is 5.31. The van der Waals surface area contributed by atoms with Crippen molar-refractivity contribution in [2.45, 2.75) is 0 Å². The normalized spacial score (nSPS) is 16.3. The zero-order valence-corrected chi connectivity index (χ0v) is 5.08. The van der Waals surface area contributed by atoms with Gasteiger partial charge in [0.25, 0.3) is 0 Å². The molecule has 9 heavy (non-hydrogen) atoms. The first-order valence-electron chi connectivity index (χ1n) is 2.82. The molecule has 0 aromatic rings. The average Bonchev–Trinajstić information content (AvgIpc) is 2.13. The van der Waals surface area contributed by atoms with Crippen molar-refractivity contribution < 1.29 is 4.74 Å². The third-order valence-corrected chi connectivity index (χ3v) is 1.00. The molecule has 0 fully saturated rings. The van der Waals surface area contributed by atoms with Crippen LogP contribution >= 0.6 is 0 Å². The third kappa shape index (κ3) is 1.74. The summed E-state index contributed by atoms with van der Waals surface area (Å²) in [5.41, 5.74) is 5.31. The van der Waals surface area contributed by atoms with Crippen LogP contribution < -0.4 is 5.73 Å². The fraction of sp³-hybridized carbons (Fsp3) is 0.143. The van der Waals surface area contributed by atoms with Gasteiger partial charge in [0.15, 0.2) is 0 Å². The number of nitrogens with two attached hydrogens (primary N) is 1. The van der Waals surface area contributed by atoms with Crippen LogP contribution in [0.1, 0.15) is 0 Å². The smallest absolute Gasteiger partial charge is 0.117 e. The summed E-state index contributed by atoms with van der Waals surface area (Å²) in [5.74, 6) is 0.792. The van der Waals surface area contributed by atoms with E-state index in [1.54, 1.807) is 6.26 Å². The van der Waals surface area contributed by atoms with Crippen LogP contribution in [0.15, 0.2) is 36.3 Å². The lowest BCUT2D eigenvalue weighted by Gasteiger charge is -1.98. The fourth-order valence-electron chi connectivity index (χ4n) is 0.555. The molecular formula is C7H9NO. The van der Waals surface area contributed by atoms with Gasteiger partial charge in [-0.05, 0) is 12.2 Å². The summed E-state index contributed by atoms with van der Waals surface area (Å²) < 4.78 is 5.05. The van der Waals surface area contributed by atoms with Crippen LogP contribution in [0.3, 0.4) is 0 Å². The molecule has 2 N–H and O–H groups in total. The Labute approximate surface area is 54.3 Å². The van der Waals surface area contributed by atoms with Crippen molar-refractivity contribution in [3.8, 4) is 0 Å². The zero-order chi connectivity index (χ0) is 6.53. The minimum absolute atomic E-state index is 0.453. The van der Waals surface area contributed by atoms with Crippen molar-refractivity contribution in [1.82, 2.24) is 0 Å². The molecule has 1 rings (SSSR count). The van der Waals surface area contributed by atoms with Crippen molar-refractivity contribution in [3.63, 3.8) is 0 Å². The Hall–Kier alpha value is -1.02. The molecule has 2 nitrogen and oxygen atoms in total. The molecule has 1 aliphatic heterocycles. The van der Waals surface area contributed by atoms with Crippen molar-refractivity contribution in [1.29, 1.82) is 0 Å². The number of allylic oxidation sites excluding steroid dienone is 4. The first kappa shape index (κ1) is 6.11. The second-order valence-corrected chi connectivity index (χ2v) is 1.67. The molecule has 48 valence electrons. The molecule has 0 spiro atoms. The second-order valence-electron chi connectivity index (χ2n) is 1.67. The Kier molecular flexibility index (Phi) is 2.10. The molecule has 1 heterocycles. The van der Waals surface area contributed by atoms with Gasteiger partial charge in [0.1, 0.15) is 5.76 Å². The van der Waals surface area contributed by atoms with E-state index >= 15 is 0 Å². The van der Waals surface area contributed by atoms with Crippen LogP contribution in [0, 0.1) is 0 Å². The molecule has 0 aromatic heterocycles. The third-order valence-electron chi connectivity index (χ3n) is 1.00. The van der Waals surface area contributed by atoms with E-state index in [4.69, 9.17) is 10.5 Å². The molecular weight excluding hydrogens is 114 g/mol. The minimum Gasteiger partial charge on any atom is -0.468 e. The van der Waals surface area contributed by atoms with Crippen LogP contribution in [0.4, 0.5) is 0 Å². The Bertz CT molecular complexity index is 168. The van der Waals surface area contributed by atoms with E-state index in [2.05, 4.69) is 0 Å². The van der Waals surface area contributed by atoms with Gasteiger partial charge >= 0.3 is 0 Å². The molecule has 0 radical (unpaired) electrons. The van der Waals surface area contributed by atoms with Gasteiger partial charge in [-0.15, -0.1) is 0 Å². The van der Waals surface area contributed by atoms with Crippen molar-refractivity contribution >= 4 is 0 Å². The van der Waals surface area contributed by atoms with Gasteiger partial charge in [-0.3, -0.25) is 0 Å². The Morgan fingerprint density at radius 3 is 3.00 bits per heavy atom. The molecule has 0 aromatic carbocycles. The Morgan fingerprint density at radius 1 is 1.33 bits per heavy atom. The summed E-state index contributed by atoms with van der Waals surface area (Å²) in [4.78, 5) is 0. The van der Waals surface area contributed by atoms with Crippen LogP contribution in [-0.2, 0) is 4.74 Å². The second kappa shape index (κ2) is 3.10. The van der Waals surface area contributed by atoms with Crippen molar-refractivity contribution in [2.24, 2.45) is 5.73 Å². The minimum atomic E-state index is 0.453. The lowest BCUT2D eigenvalue weighted by molar-refractivity contribution is 0.346. The van der Waals surface area contributed by atoms with E-state index in [9.17, 15) is 0 Å². The standard InChI is InChI=1S/C7H9NO/c8-6-7-4-2-1-3-5-9-7/h1-5H,6,8H2. The lowest BCUT2D eigenvalue weighted by atomic mass is 10.4. The SMILES string of the molecule is NCC1=CC=CC=CO1. The number of hydrogen-bond donors (Lipinski definition) is 1. The summed E-state index contributed by atoms with van der Waals surface area (Å²) in [6, 6.07) is 0. The van der Waals surface area contributed by atoms with Gasteiger partial charge in [0.2, 0.25) is 0 Å². The molecule has 0 saturated carbocycles. The average molecular weight is 123 g/mol. The largest absolute Gasteiger partial charge is 0.468 e. The molecule has 0 unspecified atom stereocenters. The highest BCUT2D eigenvalue weighted by Crippen LogP contribution is 1.99. The Morgan fingerprint density at radius 2 is 2.22 bits per heavy atom.